The van der Waals surface area contributed by atoms with Crippen LogP contribution in [0, 0.1) is 0 Å². The third kappa shape index (κ3) is 6.10. The van der Waals surface area contributed by atoms with Gasteiger partial charge in [-0.15, -0.1) is 0 Å². The first-order valence-corrected chi connectivity index (χ1v) is 11.8. The fourth-order valence-electron chi connectivity index (χ4n) is 3.74. The number of hydrogen-bond acceptors (Lipinski definition) is 4. The van der Waals surface area contributed by atoms with Crippen LogP contribution in [0.3, 0.4) is 0 Å². The minimum atomic E-state index is -2.86. The van der Waals surface area contributed by atoms with E-state index in [1.54, 1.807) is 36.7 Å². The summed E-state index contributed by atoms with van der Waals surface area (Å²) < 4.78 is 33.7. The van der Waals surface area contributed by atoms with Gasteiger partial charge in [-0.2, -0.15) is 0 Å². The summed E-state index contributed by atoms with van der Waals surface area (Å²) in [4.78, 5) is 21.3. The van der Waals surface area contributed by atoms with E-state index in [1.165, 1.54) is 19.1 Å². The molecule has 184 valence electrons. The van der Waals surface area contributed by atoms with Crippen LogP contribution in [0.5, 0.6) is 5.88 Å². The number of rotatable bonds is 9. The van der Waals surface area contributed by atoms with Crippen molar-refractivity contribution in [2.24, 2.45) is 0 Å². The quantitative estimate of drug-likeness (QED) is 0.277. The molecule has 3 aromatic carbocycles. The van der Waals surface area contributed by atoms with E-state index in [9.17, 15) is 13.6 Å². The zero-order valence-electron chi connectivity index (χ0n) is 20.1. The summed E-state index contributed by atoms with van der Waals surface area (Å²) in [6.07, 6.45) is 2.80. The van der Waals surface area contributed by atoms with Crippen LogP contribution in [0.4, 0.5) is 14.5 Å². The van der Waals surface area contributed by atoms with Crippen LogP contribution in [0.1, 0.15) is 43.1 Å². The Hall–Kier alpha value is -4.13. The number of alkyl halides is 2. The van der Waals surface area contributed by atoms with Crippen molar-refractivity contribution >= 4 is 11.6 Å². The lowest BCUT2D eigenvalue weighted by Gasteiger charge is -2.16. The first-order valence-electron chi connectivity index (χ1n) is 11.8. The molecule has 0 aliphatic carbocycles. The third-order valence-electron chi connectivity index (χ3n) is 5.85. The predicted molar refractivity (Wildman–Crippen MR) is 136 cm³/mol. The monoisotopic (exact) mass is 487 g/mol. The van der Waals surface area contributed by atoms with E-state index in [-0.39, 0.29) is 30.4 Å². The number of aromatic nitrogens is 2. The van der Waals surface area contributed by atoms with Crippen LogP contribution in [-0.2, 0) is 17.1 Å². The summed E-state index contributed by atoms with van der Waals surface area (Å²) in [7, 11) is 0. The first kappa shape index (κ1) is 25.0. The fourth-order valence-corrected chi connectivity index (χ4v) is 3.74. The molecule has 0 spiro atoms. The van der Waals surface area contributed by atoms with E-state index in [4.69, 9.17) is 4.74 Å². The van der Waals surface area contributed by atoms with E-state index < -0.39 is 5.92 Å². The minimum Gasteiger partial charge on any atom is -0.468 e. The number of hydrogen-bond donors (Lipinski definition) is 1. The Morgan fingerprint density at radius 2 is 1.61 bits per heavy atom. The van der Waals surface area contributed by atoms with E-state index in [0.717, 1.165) is 11.1 Å². The highest BCUT2D eigenvalue weighted by atomic mass is 19.3. The van der Waals surface area contributed by atoms with Gasteiger partial charge >= 0.3 is 0 Å². The molecule has 0 aliphatic heterocycles. The molecule has 4 aromatic rings. The molecule has 1 amide bonds. The topological polar surface area (TPSA) is 64.1 Å². The van der Waals surface area contributed by atoms with Gasteiger partial charge in [0.05, 0.1) is 6.42 Å². The van der Waals surface area contributed by atoms with E-state index >= 15 is 0 Å². The van der Waals surface area contributed by atoms with Crippen molar-refractivity contribution in [1.82, 2.24) is 9.97 Å². The maximum Gasteiger partial charge on any atom is 0.273 e. The molecule has 0 radical (unpaired) electrons. The minimum absolute atomic E-state index is 0.0460. The second-order valence-corrected chi connectivity index (χ2v) is 8.44. The molecule has 0 saturated carbocycles. The molecule has 1 heterocycles. The number of anilines is 1. The smallest absolute Gasteiger partial charge is 0.273 e. The van der Waals surface area contributed by atoms with Gasteiger partial charge in [0.2, 0.25) is 11.8 Å². The van der Waals surface area contributed by atoms with Crippen LogP contribution in [-0.4, -0.2) is 15.9 Å². The summed E-state index contributed by atoms with van der Waals surface area (Å²) in [5.74, 6) is -2.68. The van der Waals surface area contributed by atoms with E-state index in [0.29, 0.717) is 22.8 Å². The number of halogens is 2. The standard InChI is InChI=1S/C29H27F2N3O2/c1-3-29(30,31)24-13-9-21(10-14-24)19-26(35)34-25-15-11-23(12-16-25)27-28(33-18-17-32-27)36-20(2)22-7-5-4-6-8-22/h4-18,20H,3,19H2,1-2H3,(H,34,35)/t20-/m0/s1. The van der Waals surface area contributed by atoms with Crippen LogP contribution in [0.25, 0.3) is 11.3 Å². The van der Waals surface area contributed by atoms with Crippen LogP contribution >= 0.6 is 0 Å². The van der Waals surface area contributed by atoms with Crippen LogP contribution in [0.15, 0.2) is 91.3 Å². The highest BCUT2D eigenvalue weighted by Crippen LogP contribution is 2.32. The van der Waals surface area contributed by atoms with Crippen molar-refractivity contribution in [2.45, 2.75) is 38.7 Å². The highest BCUT2D eigenvalue weighted by molar-refractivity contribution is 5.92. The van der Waals surface area contributed by atoms with Gasteiger partial charge in [0.25, 0.3) is 5.92 Å². The summed E-state index contributed by atoms with van der Waals surface area (Å²) in [5, 5.41) is 2.84. The molecular weight excluding hydrogens is 460 g/mol. The van der Waals surface area contributed by atoms with Crippen molar-refractivity contribution in [3.8, 4) is 17.1 Å². The molecule has 1 atom stereocenters. The van der Waals surface area contributed by atoms with Crippen molar-refractivity contribution < 1.29 is 18.3 Å². The van der Waals surface area contributed by atoms with Crippen LogP contribution < -0.4 is 10.1 Å². The van der Waals surface area contributed by atoms with Gasteiger partial charge in [0.1, 0.15) is 11.8 Å². The predicted octanol–water partition coefficient (Wildman–Crippen LogP) is 6.97. The van der Waals surface area contributed by atoms with Crippen molar-refractivity contribution in [3.05, 3.63) is 108 Å². The molecule has 0 unspecified atom stereocenters. The molecule has 0 saturated heterocycles. The van der Waals surface area contributed by atoms with Gasteiger partial charge in [-0.3, -0.25) is 4.79 Å². The SMILES string of the molecule is CCC(F)(F)c1ccc(CC(=O)Nc2ccc(-c3nccnc3O[C@@H](C)c3ccccc3)cc2)cc1. The Bertz CT molecular complexity index is 1290. The summed E-state index contributed by atoms with van der Waals surface area (Å²) in [6, 6.07) is 23.0. The fraction of sp³-hybridized carbons (Fsp3) is 0.207. The molecule has 0 bridgehead atoms. The molecule has 5 nitrogen and oxygen atoms in total. The summed E-state index contributed by atoms with van der Waals surface area (Å²) >= 11 is 0. The number of ether oxygens (including phenoxy) is 1. The number of amides is 1. The van der Waals surface area contributed by atoms with Crippen molar-refractivity contribution in [3.63, 3.8) is 0 Å². The van der Waals surface area contributed by atoms with E-state index in [1.807, 2.05) is 49.4 Å². The van der Waals surface area contributed by atoms with Gasteiger partial charge in [0.15, 0.2) is 0 Å². The summed E-state index contributed by atoms with van der Waals surface area (Å²) in [5.41, 5.74) is 3.65. The maximum absolute atomic E-state index is 13.8. The summed E-state index contributed by atoms with van der Waals surface area (Å²) in [6.45, 7) is 3.39. The Labute approximate surface area is 209 Å². The van der Waals surface area contributed by atoms with Crippen molar-refractivity contribution in [1.29, 1.82) is 0 Å². The second-order valence-electron chi connectivity index (χ2n) is 8.44. The lowest BCUT2D eigenvalue weighted by Crippen LogP contribution is -2.15. The molecule has 1 aromatic heterocycles. The van der Waals surface area contributed by atoms with Gasteiger partial charge in [-0.1, -0.05) is 73.7 Å². The zero-order valence-corrected chi connectivity index (χ0v) is 20.1. The zero-order chi connectivity index (χ0) is 25.5. The molecule has 4 rings (SSSR count). The highest BCUT2D eigenvalue weighted by Gasteiger charge is 2.28. The number of nitrogens with zero attached hydrogens (tertiary/aromatic N) is 2. The molecular formula is C29H27F2N3O2. The average molecular weight is 488 g/mol. The first-order chi connectivity index (χ1) is 17.4. The number of carbonyl (C=O) groups is 1. The Morgan fingerprint density at radius 1 is 0.944 bits per heavy atom. The molecule has 0 fully saturated rings. The molecule has 1 N–H and O–H groups in total. The third-order valence-corrected chi connectivity index (χ3v) is 5.85. The Kier molecular flexibility index (Phi) is 7.68. The lowest BCUT2D eigenvalue weighted by atomic mass is 10.0. The lowest BCUT2D eigenvalue weighted by molar-refractivity contribution is -0.115. The van der Waals surface area contributed by atoms with Gasteiger partial charge in [0, 0.05) is 35.6 Å². The average Bonchev–Trinajstić information content (AvgIpc) is 2.90. The second kappa shape index (κ2) is 11.1. The maximum atomic E-state index is 13.8. The number of benzene rings is 3. The Morgan fingerprint density at radius 3 is 2.28 bits per heavy atom. The Balaban J connectivity index is 1.41. The number of carbonyl (C=O) groups excluding carboxylic acids is 1. The van der Waals surface area contributed by atoms with Crippen molar-refractivity contribution in [2.75, 3.05) is 5.32 Å². The normalized spacial score (nSPS) is 12.1. The molecule has 36 heavy (non-hydrogen) atoms. The molecule has 0 aliphatic rings. The van der Waals surface area contributed by atoms with Crippen LogP contribution in [0.2, 0.25) is 0 Å². The largest absolute Gasteiger partial charge is 0.468 e. The number of nitrogens with one attached hydrogen (secondary N) is 1. The van der Waals surface area contributed by atoms with Gasteiger partial charge < -0.3 is 10.1 Å². The van der Waals surface area contributed by atoms with Gasteiger partial charge in [-0.05, 0) is 30.2 Å². The van der Waals surface area contributed by atoms with E-state index in [2.05, 4.69) is 15.3 Å². The van der Waals surface area contributed by atoms with Gasteiger partial charge in [-0.25, -0.2) is 18.7 Å². The molecule has 7 heteroatoms.